The van der Waals surface area contributed by atoms with Crippen molar-refractivity contribution in [2.24, 2.45) is 0 Å². The number of benzene rings is 1. The molecule has 1 unspecified atom stereocenters. The van der Waals surface area contributed by atoms with Crippen LogP contribution in [-0.4, -0.2) is 16.1 Å². The predicted molar refractivity (Wildman–Crippen MR) is 72.9 cm³/mol. The van der Waals surface area contributed by atoms with Gasteiger partial charge < -0.3 is 5.11 Å². The van der Waals surface area contributed by atoms with Gasteiger partial charge in [-0.15, -0.1) is 0 Å². The van der Waals surface area contributed by atoms with Crippen molar-refractivity contribution < 1.29 is 14.3 Å². The first-order valence-electron chi connectivity index (χ1n) is 5.88. The summed E-state index contributed by atoms with van der Waals surface area (Å²) >= 11 is 5.89. The highest BCUT2D eigenvalue weighted by molar-refractivity contribution is 6.31. The Morgan fingerprint density at radius 3 is 2.80 bits per heavy atom. The molecular formula is C14H12ClFN2O2. The third-order valence-corrected chi connectivity index (χ3v) is 3.10. The summed E-state index contributed by atoms with van der Waals surface area (Å²) < 4.78 is 13.8. The number of aromatic nitrogens is 1. The minimum absolute atomic E-state index is 0.0643. The van der Waals surface area contributed by atoms with Crippen LogP contribution in [-0.2, 0) is 11.3 Å². The van der Waals surface area contributed by atoms with E-state index >= 15 is 0 Å². The highest BCUT2D eigenvalue weighted by Crippen LogP contribution is 2.26. The van der Waals surface area contributed by atoms with E-state index in [-0.39, 0.29) is 17.1 Å². The lowest BCUT2D eigenvalue weighted by Crippen LogP contribution is -2.29. The quantitative estimate of drug-likeness (QED) is 0.890. The number of hydrogen-bond donors (Lipinski definition) is 2. The maximum Gasteiger partial charge on any atom is 0.325 e. The van der Waals surface area contributed by atoms with Gasteiger partial charge in [0, 0.05) is 29.5 Å². The van der Waals surface area contributed by atoms with Gasteiger partial charge in [0.2, 0.25) is 0 Å². The molecule has 1 heterocycles. The van der Waals surface area contributed by atoms with Crippen LogP contribution in [0.5, 0.6) is 0 Å². The summed E-state index contributed by atoms with van der Waals surface area (Å²) in [6.45, 7) is 0.246. The van der Waals surface area contributed by atoms with Crippen LogP contribution < -0.4 is 5.32 Å². The van der Waals surface area contributed by atoms with E-state index in [0.29, 0.717) is 0 Å². The topological polar surface area (TPSA) is 62.2 Å². The average molecular weight is 295 g/mol. The van der Waals surface area contributed by atoms with E-state index in [2.05, 4.69) is 10.3 Å². The van der Waals surface area contributed by atoms with Crippen molar-refractivity contribution in [3.8, 4) is 0 Å². The van der Waals surface area contributed by atoms with Crippen LogP contribution >= 0.6 is 11.6 Å². The molecule has 20 heavy (non-hydrogen) atoms. The number of nitrogens with one attached hydrogen (secondary N) is 1. The molecule has 1 atom stereocenters. The van der Waals surface area contributed by atoms with Gasteiger partial charge in [-0.25, -0.2) is 4.39 Å². The summed E-state index contributed by atoms with van der Waals surface area (Å²) in [5, 5.41) is 12.1. The number of carbonyl (C=O) groups is 1. The van der Waals surface area contributed by atoms with Crippen LogP contribution in [0.15, 0.2) is 42.7 Å². The zero-order valence-corrected chi connectivity index (χ0v) is 11.1. The first kappa shape index (κ1) is 14.4. The summed E-state index contributed by atoms with van der Waals surface area (Å²) in [5.74, 6) is -1.84. The van der Waals surface area contributed by atoms with Crippen molar-refractivity contribution in [3.05, 3.63) is 64.7 Å². The third-order valence-electron chi connectivity index (χ3n) is 2.77. The Labute approximate surface area is 120 Å². The molecule has 0 aliphatic heterocycles. The SMILES string of the molecule is O=C(O)C(NCc1cccnc1)c1c(F)cccc1Cl. The van der Waals surface area contributed by atoms with Crippen LogP contribution in [0.3, 0.4) is 0 Å². The van der Waals surface area contributed by atoms with E-state index in [9.17, 15) is 14.3 Å². The summed E-state index contributed by atoms with van der Waals surface area (Å²) in [6.07, 6.45) is 3.22. The molecule has 2 N–H and O–H groups in total. The number of nitrogens with zero attached hydrogens (tertiary/aromatic N) is 1. The number of carboxylic acid groups (broad SMARTS) is 1. The molecule has 2 rings (SSSR count). The summed E-state index contributed by atoms with van der Waals surface area (Å²) in [4.78, 5) is 15.2. The number of pyridine rings is 1. The molecule has 0 aliphatic rings. The second kappa shape index (κ2) is 6.45. The third kappa shape index (κ3) is 3.31. The van der Waals surface area contributed by atoms with E-state index in [4.69, 9.17) is 11.6 Å². The highest BCUT2D eigenvalue weighted by Gasteiger charge is 2.25. The fourth-order valence-corrected chi connectivity index (χ4v) is 2.09. The second-order valence-corrected chi connectivity index (χ2v) is 4.56. The van der Waals surface area contributed by atoms with Gasteiger partial charge in [0.1, 0.15) is 11.9 Å². The second-order valence-electron chi connectivity index (χ2n) is 4.15. The molecule has 0 bridgehead atoms. The van der Waals surface area contributed by atoms with Crippen LogP contribution in [0.2, 0.25) is 5.02 Å². The summed E-state index contributed by atoms with van der Waals surface area (Å²) in [6, 6.07) is 6.39. The van der Waals surface area contributed by atoms with E-state index in [1.807, 2.05) is 0 Å². The minimum Gasteiger partial charge on any atom is -0.480 e. The van der Waals surface area contributed by atoms with Crippen molar-refractivity contribution in [1.82, 2.24) is 10.3 Å². The van der Waals surface area contributed by atoms with Crippen molar-refractivity contribution in [2.45, 2.75) is 12.6 Å². The Hall–Kier alpha value is -1.98. The van der Waals surface area contributed by atoms with E-state index < -0.39 is 17.8 Å². The lowest BCUT2D eigenvalue weighted by Gasteiger charge is -2.16. The number of rotatable bonds is 5. The van der Waals surface area contributed by atoms with E-state index in [1.165, 1.54) is 18.2 Å². The maximum absolute atomic E-state index is 13.8. The summed E-state index contributed by atoms with van der Waals surface area (Å²) in [7, 11) is 0. The molecule has 4 nitrogen and oxygen atoms in total. The lowest BCUT2D eigenvalue weighted by atomic mass is 10.1. The van der Waals surface area contributed by atoms with Crippen molar-refractivity contribution in [1.29, 1.82) is 0 Å². The van der Waals surface area contributed by atoms with Gasteiger partial charge in [0.15, 0.2) is 0 Å². The molecule has 2 aromatic rings. The van der Waals surface area contributed by atoms with Gasteiger partial charge in [0.25, 0.3) is 0 Å². The fraction of sp³-hybridized carbons (Fsp3) is 0.143. The maximum atomic E-state index is 13.8. The number of carboxylic acids is 1. The molecular weight excluding hydrogens is 283 g/mol. The molecule has 6 heteroatoms. The Morgan fingerprint density at radius 1 is 1.40 bits per heavy atom. The fourth-order valence-electron chi connectivity index (χ4n) is 1.82. The Kier molecular flexibility index (Phi) is 4.65. The minimum atomic E-state index is -1.22. The number of aliphatic carboxylic acids is 1. The van der Waals surface area contributed by atoms with Crippen molar-refractivity contribution in [2.75, 3.05) is 0 Å². The molecule has 104 valence electrons. The van der Waals surface area contributed by atoms with E-state index in [0.717, 1.165) is 5.56 Å². The van der Waals surface area contributed by atoms with Crippen LogP contribution in [0.4, 0.5) is 4.39 Å². The van der Waals surface area contributed by atoms with Gasteiger partial charge in [-0.3, -0.25) is 15.1 Å². The van der Waals surface area contributed by atoms with Crippen molar-refractivity contribution in [3.63, 3.8) is 0 Å². The molecule has 0 fully saturated rings. The zero-order valence-electron chi connectivity index (χ0n) is 10.4. The summed E-state index contributed by atoms with van der Waals surface area (Å²) in [5.41, 5.74) is 0.733. The predicted octanol–water partition coefficient (Wildman–Crippen LogP) is 2.79. The highest BCUT2D eigenvalue weighted by atomic mass is 35.5. The number of halogens is 2. The normalized spacial score (nSPS) is 12.1. The Bertz CT molecular complexity index is 587. The van der Waals surface area contributed by atoms with Gasteiger partial charge in [-0.2, -0.15) is 0 Å². The monoisotopic (exact) mass is 294 g/mol. The van der Waals surface area contributed by atoms with E-state index in [1.54, 1.807) is 24.5 Å². The molecule has 0 spiro atoms. The van der Waals surface area contributed by atoms with Gasteiger partial charge in [0.05, 0.1) is 0 Å². The standard InChI is InChI=1S/C14H12ClFN2O2/c15-10-4-1-5-11(16)12(10)13(14(19)20)18-8-9-3-2-6-17-7-9/h1-7,13,18H,8H2,(H,19,20). The molecule has 1 aromatic carbocycles. The molecule has 0 saturated heterocycles. The molecule has 0 amide bonds. The molecule has 1 aromatic heterocycles. The van der Waals surface area contributed by atoms with Crippen LogP contribution in [0.1, 0.15) is 17.2 Å². The van der Waals surface area contributed by atoms with Crippen LogP contribution in [0.25, 0.3) is 0 Å². The Morgan fingerprint density at radius 2 is 2.20 bits per heavy atom. The average Bonchev–Trinajstić information content (AvgIpc) is 2.42. The first-order valence-corrected chi connectivity index (χ1v) is 6.26. The number of hydrogen-bond acceptors (Lipinski definition) is 3. The lowest BCUT2D eigenvalue weighted by molar-refractivity contribution is -0.139. The van der Waals surface area contributed by atoms with Gasteiger partial charge in [-0.1, -0.05) is 23.7 Å². The first-order chi connectivity index (χ1) is 9.59. The van der Waals surface area contributed by atoms with Crippen LogP contribution in [0, 0.1) is 5.82 Å². The van der Waals surface area contributed by atoms with Gasteiger partial charge >= 0.3 is 5.97 Å². The largest absolute Gasteiger partial charge is 0.480 e. The van der Waals surface area contributed by atoms with Gasteiger partial charge in [-0.05, 0) is 23.8 Å². The van der Waals surface area contributed by atoms with Crippen molar-refractivity contribution >= 4 is 17.6 Å². The molecule has 0 saturated carbocycles. The molecule has 0 aliphatic carbocycles. The zero-order chi connectivity index (χ0) is 14.5. The molecule has 0 radical (unpaired) electrons. The Balaban J connectivity index is 2.22. The smallest absolute Gasteiger partial charge is 0.325 e.